The second-order valence-corrected chi connectivity index (χ2v) is 4.99. The number of amides is 1. The second kappa shape index (κ2) is 6.17. The summed E-state index contributed by atoms with van der Waals surface area (Å²) in [7, 11) is 0. The number of carbonyl (C=O) groups is 1. The summed E-state index contributed by atoms with van der Waals surface area (Å²) in [5, 5.41) is 21.2. The molecule has 1 aromatic rings. The third kappa shape index (κ3) is 3.22. The molecule has 1 aromatic carbocycles. The van der Waals surface area contributed by atoms with E-state index >= 15 is 0 Å². The molecule has 0 aliphatic heterocycles. The van der Waals surface area contributed by atoms with Crippen LogP contribution in [0, 0.1) is 0 Å². The Morgan fingerprint density at radius 1 is 1.44 bits per heavy atom. The van der Waals surface area contributed by atoms with Crippen LogP contribution in [-0.4, -0.2) is 34.9 Å². The lowest BCUT2D eigenvalue weighted by Crippen LogP contribution is -2.53. The van der Waals surface area contributed by atoms with Gasteiger partial charge in [0, 0.05) is 15.7 Å². The maximum absolute atomic E-state index is 12.0. The van der Waals surface area contributed by atoms with Crippen molar-refractivity contribution < 1.29 is 15.0 Å². The van der Waals surface area contributed by atoms with Crippen molar-refractivity contribution in [1.29, 1.82) is 0 Å². The molecule has 0 spiro atoms. The van der Waals surface area contributed by atoms with Crippen LogP contribution in [0.1, 0.15) is 23.7 Å². The van der Waals surface area contributed by atoms with Crippen molar-refractivity contribution in [2.24, 2.45) is 0 Å². The summed E-state index contributed by atoms with van der Waals surface area (Å²) >= 11 is 3.24. The Kier molecular flexibility index (Phi) is 5.13. The first-order valence-corrected chi connectivity index (χ1v) is 6.36. The number of aliphatic hydroxyl groups is 2. The van der Waals surface area contributed by atoms with E-state index in [1.165, 1.54) is 6.07 Å². The number of carbonyl (C=O) groups excluding carboxylic acids is 1. The molecule has 0 atom stereocenters. The molecule has 0 fully saturated rings. The highest BCUT2D eigenvalue weighted by atomic mass is 79.9. The highest BCUT2D eigenvalue weighted by molar-refractivity contribution is 9.10. The van der Waals surface area contributed by atoms with Crippen molar-refractivity contribution in [3.63, 3.8) is 0 Å². The van der Waals surface area contributed by atoms with Crippen LogP contribution in [0.3, 0.4) is 0 Å². The van der Waals surface area contributed by atoms with E-state index in [2.05, 4.69) is 21.2 Å². The number of rotatable bonds is 5. The number of benzene rings is 1. The summed E-state index contributed by atoms with van der Waals surface area (Å²) in [6.07, 6.45) is 0.428. The molecule has 1 amide bonds. The molecular formula is C12H17BrN2O3. The maximum Gasteiger partial charge on any atom is 0.251 e. The fraction of sp³-hybridized carbons (Fsp3) is 0.417. The first-order chi connectivity index (χ1) is 8.48. The van der Waals surface area contributed by atoms with Crippen LogP contribution >= 0.6 is 15.9 Å². The fourth-order valence-electron chi connectivity index (χ4n) is 1.44. The molecule has 0 aromatic heterocycles. The largest absolute Gasteiger partial charge is 0.398 e. The van der Waals surface area contributed by atoms with Crippen LogP contribution in [0.25, 0.3) is 0 Å². The van der Waals surface area contributed by atoms with Crippen molar-refractivity contribution in [3.05, 3.63) is 28.2 Å². The molecule has 6 heteroatoms. The number of halogens is 1. The molecule has 0 aliphatic rings. The lowest BCUT2D eigenvalue weighted by molar-refractivity contribution is 0.0653. The molecule has 0 heterocycles. The van der Waals surface area contributed by atoms with Gasteiger partial charge in [-0.05, 0) is 40.5 Å². The van der Waals surface area contributed by atoms with E-state index in [9.17, 15) is 15.0 Å². The third-order valence-electron chi connectivity index (χ3n) is 2.92. The fourth-order valence-corrected chi connectivity index (χ4v) is 1.69. The molecule has 18 heavy (non-hydrogen) atoms. The first-order valence-electron chi connectivity index (χ1n) is 5.57. The molecule has 0 radical (unpaired) electrons. The van der Waals surface area contributed by atoms with Gasteiger partial charge in [-0.15, -0.1) is 0 Å². The number of hydrogen-bond acceptors (Lipinski definition) is 4. The number of hydrogen-bond donors (Lipinski definition) is 4. The lowest BCUT2D eigenvalue weighted by Gasteiger charge is -2.29. The summed E-state index contributed by atoms with van der Waals surface area (Å²) < 4.78 is 0.713. The molecule has 5 N–H and O–H groups in total. The van der Waals surface area contributed by atoms with E-state index in [0.29, 0.717) is 22.1 Å². The summed E-state index contributed by atoms with van der Waals surface area (Å²) in [6.45, 7) is 1.14. The average molecular weight is 317 g/mol. The minimum Gasteiger partial charge on any atom is -0.398 e. The van der Waals surface area contributed by atoms with Gasteiger partial charge in [-0.1, -0.05) is 6.92 Å². The normalized spacial score (nSPS) is 11.3. The zero-order valence-corrected chi connectivity index (χ0v) is 11.7. The van der Waals surface area contributed by atoms with E-state index in [1.807, 2.05) is 0 Å². The predicted molar refractivity (Wildman–Crippen MR) is 73.2 cm³/mol. The SMILES string of the molecule is CCC(CO)(CO)NC(=O)c1ccc(Br)c(N)c1. The van der Waals surface area contributed by atoms with Crippen LogP contribution in [0.15, 0.2) is 22.7 Å². The van der Waals surface area contributed by atoms with Gasteiger partial charge in [-0.25, -0.2) is 0 Å². The Labute approximate surface area is 114 Å². The quantitative estimate of drug-likeness (QED) is 0.607. The molecule has 0 aliphatic carbocycles. The van der Waals surface area contributed by atoms with Gasteiger partial charge in [-0.3, -0.25) is 4.79 Å². The summed E-state index contributed by atoms with van der Waals surface area (Å²) in [5.74, 6) is -0.376. The molecule has 1 rings (SSSR count). The maximum atomic E-state index is 12.0. The Morgan fingerprint density at radius 2 is 2.06 bits per heavy atom. The van der Waals surface area contributed by atoms with Gasteiger partial charge in [-0.2, -0.15) is 0 Å². The molecule has 0 saturated heterocycles. The number of nitrogen functional groups attached to an aromatic ring is 1. The van der Waals surface area contributed by atoms with Gasteiger partial charge < -0.3 is 21.3 Å². The van der Waals surface area contributed by atoms with Gasteiger partial charge in [0.1, 0.15) is 0 Å². The molecular weight excluding hydrogens is 300 g/mol. The van der Waals surface area contributed by atoms with E-state index in [4.69, 9.17) is 5.73 Å². The van der Waals surface area contributed by atoms with E-state index < -0.39 is 5.54 Å². The molecule has 0 unspecified atom stereocenters. The zero-order valence-electron chi connectivity index (χ0n) is 10.1. The van der Waals surface area contributed by atoms with Gasteiger partial charge in [0.2, 0.25) is 0 Å². The topological polar surface area (TPSA) is 95.6 Å². The highest BCUT2D eigenvalue weighted by Crippen LogP contribution is 2.20. The highest BCUT2D eigenvalue weighted by Gasteiger charge is 2.28. The number of nitrogens with two attached hydrogens (primary N) is 1. The number of anilines is 1. The Morgan fingerprint density at radius 3 is 2.50 bits per heavy atom. The summed E-state index contributed by atoms with van der Waals surface area (Å²) in [6, 6.07) is 4.83. The number of nitrogens with one attached hydrogen (secondary N) is 1. The van der Waals surface area contributed by atoms with E-state index in [1.54, 1.807) is 19.1 Å². The zero-order chi connectivity index (χ0) is 13.8. The van der Waals surface area contributed by atoms with Crippen LogP contribution in [0.5, 0.6) is 0 Å². The van der Waals surface area contributed by atoms with Crippen LogP contribution in [-0.2, 0) is 0 Å². The molecule has 100 valence electrons. The minimum absolute atomic E-state index is 0.322. The molecule has 0 bridgehead atoms. The van der Waals surface area contributed by atoms with Crippen molar-refractivity contribution in [2.75, 3.05) is 18.9 Å². The van der Waals surface area contributed by atoms with E-state index in [0.717, 1.165) is 0 Å². The van der Waals surface area contributed by atoms with Crippen LogP contribution < -0.4 is 11.1 Å². The van der Waals surface area contributed by atoms with E-state index in [-0.39, 0.29) is 19.1 Å². The monoisotopic (exact) mass is 316 g/mol. The Hall–Kier alpha value is -1.11. The van der Waals surface area contributed by atoms with Crippen molar-refractivity contribution in [2.45, 2.75) is 18.9 Å². The van der Waals surface area contributed by atoms with Gasteiger partial charge in [0.15, 0.2) is 0 Å². The van der Waals surface area contributed by atoms with Crippen LogP contribution in [0.2, 0.25) is 0 Å². The summed E-state index contributed by atoms with van der Waals surface area (Å²) in [4.78, 5) is 12.0. The number of aliphatic hydroxyl groups excluding tert-OH is 2. The Bertz CT molecular complexity index is 425. The van der Waals surface area contributed by atoms with Gasteiger partial charge in [0.25, 0.3) is 5.91 Å². The lowest BCUT2D eigenvalue weighted by atomic mass is 9.98. The average Bonchev–Trinajstić information content (AvgIpc) is 2.39. The minimum atomic E-state index is -1.00. The standard InChI is InChI=1S/C12H17BrN2O3/c1-2-12(6-16,7-17)15-11(18)8-3-4-9(13)10(14)5-8/h3-5,16-17H,2,6-7,14H2,1H3,(H,15,18). The predicted octanol–water partition coefficient (Wildman–Crippen LogP) is 0.895. The first kappa shape index (κ1) is 14.9. The third-order valence-corrected chi connectivity index (χ3v) is 3.64. The second-order valence-electron chi connectivity index (χ2n) is 4.14. The Balaban J connectivity index is 2.90. The molecule has 5 nitrogen and oxygen atoms in total. The van der Waals surface area contributed by atoms with Gasteiger partial charge in [0.05, 0.1) is 18.8 Å². The summed E-state index contributed by atoms with van der Waals surface area (Å²) in [5.41, 5.74) is 5.53. The van der Waals surface area contributed by atoms with Crippen molar-refractivity contribution >= 4 is 27.5 Å². The van der Waals surface area contributed by atoms with Crippen LogP contribution in [0.4, 0.5) is 5.69 Å². The smallest absolute Gasteiger partial charge is 0.251 e. The molecule has 0 saturated carbocycles. The van der Waals surface area contributed by atoms with Crippen molar-refractivity contribution in [3.8, 4) is 0 Å². The van der Waals surface area contributed by atoms with Crippen molar-refractivity contribution in [1.82, 2.24) is 5.32 Å². The van der Waals surface area contributed by atoms with Gasteiger partial charge >= 0.3 is 0 Å².